The Kier molecular flexibility index (Phi) is 10.7. The van der Waals surface area contributed by atoms with Gasteiger partial charge in [0, 0.05) is 30.9 Å². The number of likely N-dealkylation sites (tertiary alicyclic amines) is 1. The van der Waals surface area contributed by atoms with Gasteiger partial charge in [-0.2, -0.15) is 0 Å². The molecule has 10 nitrogen and oxygen atoms in total. The summed E-state index contributed by atoms with van der Waals surface area (Å²) in [7, 11) is 0. The Labute approximate surface area is 365 Å². The van der Waals surface area contributed by atoms with Crippen molar-refractivity contribution in [1.82, 2.24) is 20.2 Å². The molecule has 10 rings (SSSR count). The lowest BCUT2D eigenvalue weighted by atomic mass is 9.93. The lowest BCUT2D eigenvalue weighted by molar-refractivity contribution is 0.00726. The monoisotopic (exact) mass is 847 g/mol. The first kappa shape index (κ1) is 41.2. The number of nitrogen functional groups attached to an aromatic ring is 1. The minimum Gasteiger partial charge on any atom is -0.444 e. The van der Waals surface area contributed by atoms with E-state index < -0.39 is 22.8 Å². The average Bonchev–Trinajstić information content (AvgIpc) is 4.08. The van der Waals surface area contributed by atoms with Crippen LogP contribution in [0.1, 0.15) is 146 Å². The summed E-state index contributed by atoms with van der Waals surface area (Å²) in [6.07, 6.45) is 17.3. The quantitative estimate of drug-likeness (QED) is 0.130. The molecule has 3 aromatic carbocycles. The van der Waals surface area contributed by atoms with Gasteiger partial charge in [-0.05, 0) is 170 Å². The van der Waals surface area contributed by atoms with Gasteiger partial charge >= 0.3 is 6.09 Å². The number of imidazole rings is 1. The largest absolute Gasteiger partial charge is 0.444 e. The second-order valence-electron chi connectivity index (χ2n) is 20.5. The number of rotatable bonds is 8. The predicted octanol–water partition coefficient (Wildman–Crippen LogP) is 11.2. The molecule has 8 atom stereocenters. The molecule has 330 valence electrons. The van der Waals surface area contributed by atoms with Crippen LogP contribution in [0.2, 0.25) is 0 Å². The SMILES string of the molecule is CC(C)(C)OC(=O)N1[C@H]2CCC[C@H]2CC1(C)/C=C/Nc1ccc([C@H]2CC[C@H](c3ccc4nc([C@@H]5C[C@@H]6CCC[C@@H]6N5)[nH]c4c3)N2c2cc(F)c(N3CCCCC3)c(F)c2)cc1N. The van der Waals surface area contributed by atoms with E-state index in [0.717, 1.165) is 104 Å². The Bertz CT molecular complexity index is 2320. The van der Waals surface area contributed by atoms with Crippen molar-refractivity contribution in [2.75, 3.05) is 33.9 Å². The molecule has 12 heteroatoms. The number of carbonyl (C=O) groups is 1. The van der Waals surface area contributed by atoms with Crippen LogP contribution in [0.15, 0.2) is 60.8 Å². The van der Waals surface area contributed by atoms with Crippen molar-refractivity contribution in [3.05, 3.63) is 89.4 Å². The van der Waals surface area contributed by atoms with E-state index >= 15 is 8.78 Å². The zero-order chi connectivity index (χ0) is 42.9. The number of nitrogens with two attached hydrogens (primary N) is 1. The summed E-state index contributed by atoms with van der Waals surface area (Å²) in [4.78, 5) is 28.3. The van der Waals surface area contributed by atoms with Crippen LogP contribution in [0.5, 0.6) is 0 Å². The number of nitrogens with one attached hydrogen (secondary N) is 3. The number of aromatic amines is 1. The number of anilines is 4. The highest BCUT2D eigenvalue weighted by Gasteiger charge is 2.52. The van der Waals surface area contributed by atoms with Crippen LogP contribution < -0.4 is 26.2 Å². The normalized spacial score (nSPS) is 29.9. The third kappa shape index (κ3) is 7.68. The van der Waals surface area contributed by atoms with Crippen LogP contribution in [0.4, 0.5) is 36.3 Å². The van der Waals surface area contributed by atoms with Crippen molar-refractivity contribution < 1.29 is 18.3 Å². The maximum Gasteiger partial charge on any atom is 0.411 e. The third-order valence-electron chi connectivity index (χ3n) is 15.1. The molecule has 5 heterocycles. The number of benzene rings is 3. The first-order valence-corrected chi connectivity index (χ1v) is 23.5. The molecular weight excluding hydrogens is 783 g/mol. The van der Waals surface area contributed by atoms with Crippen molar-refractivity contribution >= 4 is 39.9 Å². The zero-order valence-corrected chi connectivity index (χ0v) is 36.9. The highest BCUT2D eigenvalue weighted by molar-refractivity contribution is 5.77. The van der Waals surface area contributed by atoms with Gasteiger partial charge in [0.05, 0.1) is 46.1 Å². The highest BCUT2D eigenvalue weighted by atomic mass is 19.1. The van der Waals surface area contributed by atoms with Crippen molar-refractivity contribution in [3.8, 4) is 0 Å². The van der Waals surface area contributed by atoms with Crippen molar-refractivity contribution in [1.29, 1.82) is 0 Å². The number of hydrogen-bond donors (Lipinski definition) is 4. The molecule has 5 N–H and O–H groups in total. The number of nitrogens with zero attached hydrogens (tertiary/aromatic N) is 4. The minimum atomic E-state index is -0.580. The molecule has 4 aliphatic heterocycles. The van der Waals surface area contributed by atoms with Gasteiger partial charge in [-0.3, -0.25) is 4.90 Å². The van der Waals surface area contributed by atoms with Crippen LogP contribution in [0.25, 0.3) is 11.0 Å². The van der Waals surface area contributed by atoms with E-state index in [1.807, 2.05) is 48.9 Å². The van der Waals surface area contributed by atoms with Gasteiger partial charge in [-0.25, -0.2) is 18.6 Å². The Morgan fingerprint density at radius 2 is 1.61 bits per heavy atom. The van der Waals surface area contributed by atoms with Crippen LogP contribution in [0.3, 0.4) is 0 Å². The number of fused-ring (bicyclic) bond motifs is 3. The molecule has 62 heavy (non-hydrogen) atoms. The lowest BCUT2D eigenvalue weighted by Crippen LogP contribution is -2.49. The van der Waals surface area contributed by atoms with E-state index in [0.29, 0.717) is 36.4 Å². The van der Waals surface area contributed by atoms with Crippen molar-refractivity contribution in [3.63, 3.8) is 0 Å². The summed E-state index contributed by atoms with van der Waals surface area (Å²) in [5.74, 6) is 1.12. The van der Waals surface area contributed by atoms with E-state index in [2.05, 4.69) is 57.8 Å². The zero-order valence-electron chi connectivity index (χ0n) is 36.9. The Hall–Kier alpha value is -4.84. The van der Waals surface area contributed by atoms with Gasteiger partial charge in [-0.1, -0.05) is 25.0 Å². The van der Waals surface area contributed by atoms with E-state index in [-0.39, 0.29) is 35.9 Å². The molecular formula is C50H64F2N8O2. The molecule has 0 spiro atoms. The second-order valence-corrected chi connectivity index (χ2v) is 20.5. The molecule has 0 radical (unpaired) electrons. The molecule has 2 aliphatic carbocycles. The summed E-state index contributed by atoms with van der Waals surface area (Å²) in [5.41, 5.74) is 11.6. The number of aromatic nitrogens is 2. The van der Waals surface area contributed by atoms with Gasteiger partial charge in [0.1, 0.15) is 17.1 Å². The van der Waals surface area contributed by atoms with Gasteiger partial charge in [0.15, 0.2) is 11.6 Å². The fraction of sp³-hybridized carbons (Fsp3) is 0.560. The van der Waals surface area contributed by atoms with Gasteiger partial charge in [-0.15, -0.1) is 0 Å². The smallest absolute Gasteiger partial charge is 0.411 e. The molecule has 4 aromatic rings. The molecule has 1 aromatic heterocycles. The first-order valence-electron chi connectivity index (χ1n) is 23.5. The van der Waals surface area contributed by atoms with Gasteiger partial charge in [0.25, 0.3) is 0 Å². The summed E-state index contributed by atoms with van der Waals surface area (Å²) in [5, 5.41) is 7.25. The van der Waals surface area contributed by atoms with Gasteiger partial charge in [0.2, 0.25) is 0 Å². The molecule has 0 bridgehead atoms. The van der Waals surface area contributed by atoms with E-state index in [1.165, 1.54) is 31.4 Å². The molecule has 4 saturated heterocycles. The summed E-state index contributed by atoms with van der Waals surface area (Å²) < 4.78 is 38.4. The average molecular weight is 847 g/mol. The van der Waals surface area contributed by atoms with E-state index in [4.69, 9.17) is 15.5 Å². The fourth-order valence-corrected chi connectivity index (χ4v) is 12.4. The fourth-order valence-electron chi connectivity index (χ4n) is 12.4. The van der Waals surface area contributed by atoms with Crippen molar-refractivity contribution in [2.45, 2.75) is 153 Å². The molecule has 6 fully saturated rings. The number of H-pyrrole nitrogens is 1. The number of amides is 1. The maximum atomic E-state index is 16.2. The van der Waals surface area contributed by atoms with E-state index in [9.17, 15) is 4.79 Å². The summed E-state index contributed by atoms with van der Waals surface area (Å²) >= 11 is 0. The molecule has 1 amide bonds. The highest BCUT2D eigenvalue weighted by Crippen LogP contribution is 2.50. The standard InChI is InChI=1S/C50H64F2N8O2/c1-49(2,3)62-48(61)60-45-13-9-11-33(45)29-50(60,4)20-21-54-39-16-14-31(24-37(39)53)43-18-19-44(59(43)34-27-35(51)46(36(52)28-34)58-22-6-5-7-23-58)32-15-17-40-41(26-32)57-47(56-40)42-25-30-10-8-12-38(30)55-42/h14-17,20-21,24,26-28,30,33,38,42-45,54-55H,5-13,18-19,22-23,25,29,53H2,1-4H3,(H,56,57)/b21-20+/t30-,33-,38-,42-,43+,44+,45-,50?/m0/s1. The second kappa shape index (κ2) is 16.1. The van der Waals surface area contributed by atoms with Crippen molar-refractivity contribution in [2.24, 2.45) is 11.8 Å². The first-order chi connectivity index (χ1) is 29.8. The van der Waals surface area contributed by atoms with Crippen LogP contribution >= 0.6 is 0 Å². The number of carbonyl (C=O) groups excluding carboxylic acids is 1. The topological polar surface area (TPSA) is 115 Å². The summed E-state index contributed by atoms with van der Waals surface area (Å²) in [6, 6.07) is 16.2. The van der Waals surface area contributed by atoms with Gasteiger partial charge < -0.3 is 35.9 Å². The number of halogens is 2. The predicted molar refractivity (Wildman–Crippen MR) is 243 cm³/mol. The third-order valence-corrected chi connectivity index (χ3v) is 15.1. The number of piperidine rings is 1. The Morgan fingerprint density at radius 1 is 0.903 bits per heavy atom. The maximum absolute atomic E-state index is 16.2. The van der Waals surface area contributed by atoms with Crippen LogP contribution in [0, 0.1) is 23.5 Å². The molecule has 6 aliphatic rings. The lowest BCUT2D eigenvalue weighted by Gasteiger charge is -2.37. The molecule has 2 saturated carbocycles. The molecule has 1 unspecified atom stereocenters. The minimum absolute atomic E-state index is 0.0773. The summed E-state index contributed by atoms with van der Waals surface area (Å²) in [6.45, 7) is 9.17. The van der Waals surface area contributed by atoms with Crippen LogP contribution in [-0.2, 0) is 4.74 Å². The number of hydrogen-bond acceptors (Lipinski definition) is 8. The van der Waals surface area contributed by atoms with E-state index in [1.54, 1.807) is 0 Å². The Morgan fingerprint density at radius 3 is 2.34 bits per heavy atom. The number of ether oxygens (including phenoxy) is 1. The van der Waals surface area contributed by atoms with Crippen LogP contribution in [-0.4, -0.2) is 57.3 Å². The Balaban J connectivity index is 0.930.